The van der Waals surface area contributed by atoms with Crippen molar-refractivity contribution in [1.82, 2.24) is 4.90 Å². The van der Waals surface area contributed by atoms with Crippen molar-refractivity contribution < 1.29 is 5.11 Å². The molecule has 17 heavy (non-hydrogen) atoms. The number of guanidine groups is 1. The van der Waals surface area contributed by atoms with Crippen LogP contribution >= 0.6 is 11.6 Å². The highest BCUT2D eigenvalue weighted by Crippen LogP contribution is 2.27. The van der Waals surface area contributed by atoms with Crippen LogP contribution in [-0.2, 0) is 5.60 Å². The van der Waals surface area contributed by atoms with Crippen LogP contribution in [0.25, 0.3) is 0 Å². The van der Waals surface area contributed by atoms with Crippen molar-refractivity contribution in [2.45, 2.75) is 12.5 Å². The average molecular weight is 256 g/mol. The molecule has 0 aromatic heterocycles. The van der Waals surface area contributed by atoms with E-state index in [4.69, 9.17) is 17.3 Å². The Hall–Kier alpha value is -1.26. The Kier molecular flexibility index (Phi) is 4.37. The van der Waals surface area contributed by atoms with Crippen LogP contribution in [0, 0.1) is 0 Å². The van der Waals surface area contributed by atoms with E-state index in [0.29, 0.717) is 16.5 Å². The Morgan fingerprint density at radius 2 is 2.06 bits per heavy atom. The van der Waals surface area contributed by atoms with Crippen LogP contribution < -0.4 is 5.73 Å². The van der Waals surface area contributed by atoms with Crippen molar-refractivity contribution in [3.63, 3.8) is 0 Å². The largest absolute Gasteiger partial charge is 0.383 e. The molecule has 0 saturated heterocycles. The molecule has 0 aliphatic rings. The lowest BCUT2D eigenvalue weighted by molar-refractivity contribution is 0.0672. The van der Waals surface area contributed by atoms with Crippen LogP contribution in [0.1, 0.15) is 12.5 Å². The molecule has 4 nitrogen and oxygen atoms in total. The third-order valence-corrected chi connectivity index (χ3v) is 2.79. The maximum absolute atomic E-state index is 10.3. The third-order valence-electron chi connectivity index (χ3n) is 2.46. The van der Waals surface area contributed by atoms with Crippen molar-refractivity contribution >= 4 is 17.6 Å². The summed E-state index contributed by atoms with van der Waals surface area (Å²) in [6, 6.07) is 7.17. The fourth-order valence-electron chi connectivity index (χ4n) is 1.36. The van der Waals surface area contributed by atoms with Gasteiger partial charge in [0.05, 0.1) is 6.54 Å². The standard InChI is InChI=1S/C12H18ClN3O/c1-12(17,8-15-11(14)16(2)3)9-6-4-5-7-10(9)13/h4-7,17H,8H2,1-3H3,(H2,14,15). The molecule has 3 N–H and O–H groups in total. The summed E-state index contributed by atoms with van der Waals surface area (Å²) in [5.41, 5.74) is 5.20. The predicted octanol–water partition coefficient (Wildman–Crippen LogP) is 1.42. The van der Waals surface area contributed by atoms with Crippen molar-refractivity contribution in [2.75, 3.05) is 20.6 Å². The number of nitrogens with two attached hydrogens (primary N) is 1. The second-order valence-corrected chi connectivity index (χ2v) is 4.73. The first-order chi connectivity index (χ1) is 7.84. The van der Waals surface area contributed by atoms with Gasteiger partial charge in [-0.15, -0.1) is 0 Å². The first-order valence-electron chi connectivity index (χ1n) is 5.29. The molecule has 0 radical (unpaired) electrons. The van der Waals surface area contributed by atoms with Gasteiger partial charge in [0.2, 0.25) is 0 Å². The van der Waals surface area contributed by atoms with Crippen LogP contribution in [-0.4, -0.2) is 36.6 Å². The Bertz CT molecular complexity index is 416. The molecule has 0 aliphatic carbocycles. The molecule has 1 unspecified atom stereocenters. The molecule has 0 spiro atoms. The second kappa shape index (κ2) is 5.38. The Morgan fingerprint density at radius 3 is 2.59 bits per heavy atom. The second-order valence-electron chi connectivity index (χ2n) is 4.32. The van der Waals surface area contributed by atoms with Gasteiger partial charge in [-0.2, -0.15) is 0 Å². The van der Waals surface area contributed by atoms with E-state index < -0.39 is 5.60 Å². The maximum Gasteiger partial charge on any atom is 0.190 e. The number of benzene rings is 1. The zero-order valence-corrected chi connectivity index (χ0v) is 11.1. The predicted molar refractivity (Wildman–Crippen MR) is 71.2 cm³/mol. The summed E-state index contributed by atoms with van der Waals surface area (Å²) in [4.78, 5) is 5.81. The smallest absolute Gasteiger partial charge is 0.190 e. The van der Waals surface area contributed by atoms with Gasteiger partial charge in [0.15, 0.2) is 5.96 Å². The molecule has 1 aromatic rings. The first kappa shape index (κ1) is 13.8. The molecule has 5 heteroatoms. The number of rotatable bonds is 3. The highest BCUT2D eigenvalue weighted by molar-refractivity contribution is 6.31. The molecule has 94 valence electrons. The fourth-order valence-corrected chi connectivity index (χ4v) is 1.70. The molecule has 0 saturated carbocycles. The van der Waals surface area contributed by atoms with Gasteiger partial charge in [0, 0.05) is 24.7 Å². The molecule has 0 bridgehead atoms. The van der Waals surface area contributed by atoms with E-state index in [0.717, 1.165) is 0 Å². The van der Waals surface area contributed by atoms with Crippen molar-refractivity contribution in [3.05, 3.63) is 34.9 Å². The van der Waals surface area contributed by atoms with Gasteiger partial charge in [0.1, 0.15) is 5.60 Å². The highest BCUT2D eigenvalue weighted by atomic mass is 35.5. The van der Waals surface area contributed by atoms with Crippen LogP contribution in [0.2, 0.25) is 5.02 Å². The minimum Gasteiger partial charge on any atom is -0.383 e. The maximum atomic E-state index is 10.3. The number of aliphatic hydroxyl groups is 1. The molecular weight excluding hydrogens is 238 g/mol. The van der Waals surface area contributed by atoms with Crippen molar-refractivity contribution in [2.24, 2.45) is 10.7 Å². The summed E-state index contributed by atoms with van der Waals surface area (Å²) < 4.78 is 0. The quantitative estimate of drug-likeness (QED) is 0.634. The molecule has 0 amide bonds. The van der Waals surface area contributed by atoms with Crippen LogP contribution in [0.4, 0.5) is 0 Å². The van der Waals surface area contributed by atoms with Crippen LogP contribution in [0.3, 0.4) is 0 Å². The number of nitrogens with zero attached hydrogens (tertiary/aromatic N) is 2. The average Bonchev–Trinajstić information content (AvgIpc) is 2.26. The van der Waals surface area contributed by atoms with Gasteiger partial charge in [-0.1, -0.05) is 29.8 Å². The van der Waals surface area contributed by atoms with Gasteiger partial charge < -0.3 is 15.7 Å². The van der Waals surface area contributed by atoms with Crippen LogP contribution in [0.5, 0.6) is 0 Å². The first-order valence-corrected chi connectivity index (χ1v) is 5.67. The van der Waals surface area contributed by atoms with E-state index in [2.05, 4.69) is 4.99 Å². The molecule has 0 heterocycles. The van der Waals surface area contributed by atoms with Crippen LogP contribution in [0.15, 0.2) is 29.3 Å². The lowest BCUT2D eigenvalue weighted by atomic mass is 9.96. The van der Waals surface area contributed by atoms with E-state index >= 15 is 0 Å². The Labute approximate surface area is 107 Å². The van der Waals surface area contributed by atoms with E-state index in [1.807, 2.05) is 12.1 Å². The monoisotopic (exact) mass is 255 g/mol. The van der Waals surface area contributed by atoms with Gasteiger partial charge in [-0.05, 0) is 13.0 Å². The van der Waals surface area contributed by atoms with E-state index in [1.54, 1.807) is 38.1 Å². The lowest BCUT2D eigenvalue weighted by Gasteiger charge is -2.23. The topological polar surface area (TPSA) is 61.8 Å². The normalized spacial score (nSPS) is 15.5. The number of aliphatic imine (C=N–C) groups is 1. The lowest BCUT2D eigenvalue weighted by Crippen LogP contribution is -2.33. The van der Waals surface area contributed by atoms with Gasteiger partial charge >= 0.3 is 0 Å². The Balaban J connectivity index is 2.90. The fraction of sp³-hybridized carbons (Fsp3) is 0.417. The van der Waals surface area contributed by atoms with Crippen molar-refractivity contribution in [3.8, 4) is 0 Å². The molecule has 1 rings (SSSR count). The summed E-state index contributed by atoms with van der Waals surface area (Å²) in [6.45, 7) is 1.83. The molecule has 0 fully saturated rings. The summed E-state index contributed by atoms with van der Waals surface area (Å²) in [7, 11) is 3.59. The molecular formula is C12H18ClN3O. The molecule has 0 aliphatic heterocycles. The van der Waals surface area contributed by atoms with Gasteiger partial charge in [-0.3, -0.25) is 0 Å². The van der Waals surface area contributed by atoms with E-state index in [1.165, 1.54) is 0 Å². The number of hydrogen-bond acceptors (Lipinski definition) is 2. The third kappa shape index (κ3) is 3.61. The minimum absolute atomic E-state index is 0.167. The van der Waals surface area contributed by atoms with E-state index in [-0.39, 0.29) is 6.54 Å². The van der Waals surface area contributed by atoms with Crippen molar-refractivity contribution in [1.29, 1.82) is 0 Å². The summed E-state index contributed by atoms with van der Waals surface area (Å²) in [5.74, 6) is 0.373. The zero-order valence-electron chi connectivity index (χ0n) is 10.3. The minimum atomic E-state index is -1.13. The van der Waals surface area contributed by atoms with Gasteiger partial charge in [-0.25, -0.2) is 4.99 Å². The number of halogens is 1. The SMILES string of the molecule is CN(C)C(N)=NCC(C)(O)c1ccccc1Cl. The summed E-state index contributed by atoms with van der Waals surface area (Å²) in [5, 5.41) is 10.9. The van der Waals surface area contributed by atoms with E-state index in [9.17, 15) is 5.11 Å². The summed E-state index contributed by atoms with van der Waals surface area (Å²) in [6.07, 6.45) is 0. The van der Waals surface area contributed by atoms with Gasteiger partial charge in [0.25, 0.3) is 0 Å². The molecule has 1 atom stereocenters. The highest BCUT2D eigenvalue weighted by Gasteiger charge is 2.25. The Morgan fingerprint density at radius 1 is 1.47 bits per heavy atom. The summed E-state index contributed by atoms with van der Waals surface area (Å²) >= 11 is 6.04. The number of hydrogen-bond donors (Lipinski definition) is 2. The zero-order chi connectivity index (χ0) is 13.1. The molecule has 1 aromatic carbocycles.